The minimum absolute atomic E-state index is 0.137. The molecule has 1 aliphatic heterocycles. The molecule has 0 aromatic rings. The summed E-state index contributed by atoms with van der Waals surface area (Å²) in [5.74, 6) is 0.550. The zero-order valence-electron chi connectivity index (χ0n) is 12.3. The molecule has 2 rings (SSSR count). The molecule has 2 N–H and O–H groups in total. The van der Waals surface area contributed by atoms with Crippen molar-refractivity contribution in [3.63, 3.8) is 0 Å². The maximum Gasteiger partial charge on any atom is 0.215 e. The standard InChI is InChI=1S/C14H28N2O2S/c1-14(2)7-9-16(10-8-14)19(17,18)11-13(15)12-5-3-4-6-12/h12-13H,3-11,15H2,1-2H3. The molecule has 1 saturated heterocycles. The van der Waals surface area contributed by atoms with Crippen molar-refractivity contribution in [1.82, 2.24) is 4.31 Å². The number of nitrogens with two attached hydrogens (primary N) is 1. The monoisotopic (exact) mass is 288 g/mol. The molecule has 1 saturated carbocycles. The second kappa shape index (κ2) is 5.70. The average Bonchev–Trinajstić information content (AvgIpc) is 2.81. The van der Waals surface area contributed by atoms with Crippen LogP contribution in [0.4, 0.5) is 0 Å². The third kappa shape index (κ3) is 3.92. The summed E-state index contributed by atoms with van der Waals surface area (Å²) in [7, 11) is -3.16. The summed E-state index contributed by atoms with van der Waals surface area (Å²) in [5.41, 5.74) is 6.40. The molecule has 0 bridgehead atoms. The van der Waals surface area contributed by atoms with Gasteiger partial charge in [-0.3, -0.25) is 0 Å². The van der Waals surface area contributed by atoms with Gasteiger partial charge in [-0.2, -0.15) is 0 Å². The summed E-state index contributed by atoms with van der Waals surface area (Å²) in [6.07, 6.45) is 6.51. The van der Waals surface area contributed by atoms with Crippen LogP contribution in [0.1, 0.15) is 52.4 Å². The van der Waals surface area contributed by atoms with Crippen LogP contribution in [0.5, 0.6) is 0 Å². The number of nitrogens with zero attached hydrogens (tertiary/aromatic N) is 1. The lowest BCUT2D eigenvalue weighted by atomic mass is 9.83. The van der Waals surface area contributed by atoms with E-state index in [0.29, 0.717) is 19.0 Å². The summed E-state index contributed by atoms with van der Waals surface area (Å²) in [6, 6.07) is -0.178. The predicted octanol–water partition coefficient (Wildman–Crippen LogP) is 1.96. The molecule has 1 aliphatic carbocycles. The zero-order valence-corrected chi connectivity index (χ0v) is 13.1. The van der Waals surface area contributed by atoms with Gasteiger partial charge in [-0.05, 0) is 37.0 Å². The smallest absolute Gasteiger partial charge is 0.215 e. The largest absolute Gasteiger partial charge is 0.326 e. The van der Waals surface area contributed by atoms with E-state index in [1.54, 1.807) is 4.31 Å². The molecule has 0 amide bonds. The Morgan fingerprint density at radius 3 is 2.26 bits per heavy atom. The third-order valence-corrected chi connectivity index (χ3v) is 6.84. The Bertz CT molecular complexity index is 390. The van der Waals surface area contributed by atoms with Gasteiger partial charge < -0.3 is 5.73 Å². The zero-order chi connectivity index (χ0) is 14.1. The quantitative estimate of drug-likeness (QED) is 0.860. The molecule has 0 aromatic carbocycles. The first-order valence-corrected chi connectivity index (χ1v) is 9.14. The minimum atomic E-state index is -3.16. The lowest BCUT2D eigenvalue weighted by molar-refractivity contribution is 0.195. The number of hydrogen-bond acceptors (Lipinski definition) is 3. The van der Waals surface area contributed by atoms with Gasteiger partial charge in [0.25, 0.3) is 0 Å². The van der Waals surface area contributed by atoms with E-state index in [1.165, 1.54) is 12.8 Å². The van der Waals surface area contributed by atoms with Gasteiger partial charge in [-0.25, -0.2) is 12.7 Å². The first-order chi connectivity index (χ1) is 8.80. The van der Waals surface area contributed by atoms with Crippen molar-refractivity contribution in [1.29, 1.82) is 0 Å². The van der Waals surface area contributed by atoms with Crippen molar-refractivity contribution in [2.45, 2.75) is 58.4 Å². The van der Waals surface area contributed by atoms with E-state index < -0.39 is 10.0 Å². The molecular formula is C14H28N2O2S. The topological polar surface area (TPSA) is 63.4 Å². The van der Waals surface area contributed by atoms with Gasteiger partial charge in [0, 0.05) is 19.1 Å². The van der Waals surface area contributed by atoms with Crippen LogP contribution in [0.2, 0.25) is 0 Å². The molecular weight excluding hydrogens is 260 g/mol. The van der Waals surface area contributed by atoms with Crippen LogP contribution >= 0.6 is 0 Å². The van der Waals surface area contributed by atoms with Gasteiger partial charge in [0.05, 0.1) is 5.75 Å². The van der Waals surface area contributed by atoms with E-state index >= 15 is 0 Å². The van der Waals surface area contributed by atoms with Gasteiger partial charge in [0.15, 0.2) is 0 Å². The normalized spacial score (nSPS) is 27.5. The third-order valence-electron chi connectivity index (χ3n) is 4.88. The number of hydrogen-bond donors (Lipinski definition) is 1. The fraction of sp³-hybridized carbons (Fsp3) is 1.00. The van der Waals surface area contributed by atoms with E-state index in [9.17, 15) is 8.42 Å². The molecule has 5 heteroatoms. The fourth-order valence-electron chi connectivity index (χ4n) is 3.24. The summed E-state index contributed by atoms with van der Waals surface area (Å²) in [4.78, 5) is 0. The van der Waals surface area contributed by atoms with Crippen LogP contribution < -0.4 is 5.73 Å². The predicted molar refractivity (Wildman–Crippen MR) is 78.3 cm³/mol. The summed E-state index contributed by atoms with van der Waals surface area (Å²) >= 11 is 0. The van der Waals surface area contributed by atoms with E-state index in [4.69, 9.17) is 5.73 Å². The van der Waals surface area contributed by atoms with Crippen LogP contribution in [0.3, 0.4) is 0 Å². The van der Waals surface area contributed by atoms with Crippen molar-refractivity contribution in [3.8, 4) is 0 Å². The van der Waals surface area contributed by atoms with Crippen LogP contribution in [-0.2, 0) is 10.0 Å². The Labute approximate surface area is 117 Å². The van der Waals surface area contributed by atoms with Crippen LogP contribution in [0, 0.1) is 11.3 Å². The van der Waals surface area contributed by atoms with Crippen LogP contribution in [-0.4, -0.2) is 37.6 Å². The Balaban J connectivity index is 1.91. The van der Waals surface area contributed by atoms with E-state index in [2.05, 4.69) is 13.8 Å². The highest BCUT2D eigenvalue weighted by atomic mass is 32.2. The van der Waals surface area contributed by atoms with Crippen molar-refractivity contribution < 1.29 is 8.42 Å². The van der Waals surface area contributed by atoms with Gasteiger partial charge >= 0.3 is 0 Å². The summed E-state index contributed by atoms with van der Waals surface area (Å²) in [6.45, 7) is 5.74. The van der Waals surface area contributed by atoms with Gasteiger partial charge in [-0.15, -0.1) is 0 Å². The number of piperidine rings is 1. The lowest BCUT2D eigenvalue weighted by Crippen LogP contribution is -2.46. The highest BCUT2D eigenvalue weighted by molar-refractivity contribution is 7.89. The molecule has 1 heterocycles. The fourth-order valence-corrected chi connectivity index (χ4v) is 4.95. The maximum atomic E-state index is 12.4. The SMILES string of the molecule is CC1(C)CCN(S(=O)(=O)CC(N)C2CCCC2)CC1. The first kappa shape index (κ1) is 15.3. The number of rotatable bonds is 4. The van der Waals surface area contributed by atoms with E-state index in [-0.39, 0.29) is 17.2 Å². The molecule has 1 atom stereocenters. The van der Waals surface area contributed by atoms with Crippen molar-refractivity contribution in [2.75, 3.05) is 18.8 Å². The Hall–Kier alpha value is -0.130. The van der Waals surface area contributed by atoms with Crippen molar-refractivity contribution in [3.05, 3.63) is 0 Å². The molecule has 2 fully saturated rings. The Morgan fingerprint density at radius 1 is 1.21 bits per heavy atom. The average molecular weight is 288 g/mol. The molecule has 0 radical (unpaired) electrons. The van der Waals surface area contributed by atoms with Crippen molar-refractivity contribution in [2.24, 2.45) is 17.1 Å². The lowest BCUT2D eigenvalue weighted by Gasteiger charge is -2.36. The Kier molecular flexibility index (Phi) is 4.58. The number of sulfonamides is 1. The second-order valence-electron chi connectivity index (χ2n) is 7.05. The molecule has 0 aromatic heterocycles. The minimum Gasteiger partial charge on any atom is -0.326 e. The Morgan fingerprint density at radius 2 is 1.74 bits per heavy atom. The second-order valence-corrected chi connectivity index (χ2v) is 9.06. The molecule has 2 aliphatic rings. The molecule has 0 spiro atoms. The van der Waals surface area contributed by atoms with E-state index in [0.717, 1.165) is 25.7 Å². The molecule has 1 unspecified atom stereocenters. The van der Waals surface area contributed by atoms with Crippen molar-refractivity contribution >= 4 is 10.0 Å². The van der Waals surface area contributed by atoms with Gasteiger partial charge in [-0.1, -0.05) is 26.7 Å². The molecule has 112 valence electrons. The summed E-state index contributed by atoms with van der Waals surface area (Å²) in [5, 5.41) is 0. The van der Waals surface area contributed by atoms with Crippen LogP contribution in [0.15, 0.2) is 0 Å². The van der Waals surface area contributed by atoms with E-state index in [1.807, 2.05) is 0 Å². The molecule has 4 nitrogen and oxygen atoms in total. The molecule has 19 heavy (non-hydrogen) atoms. The maximum absolute atomic E-state index is 12.4. The highest BCUT2D eigenvalue weighted by Crippen LogP contribution is 2.32. The highest BCUT2D eigenvalue weighted by Gasteiger charge is 2.34. The first-order valence-electron chi connectivity index (χ1n) is 7.54. The van der Waals surface area contributed by atoms with Gasteiger partial charge in [0.2, 0.25) is 10.0 Å². The van der Waals surface area contributed by atoms with Gasteiger partial charge in [0.1, 0.15) is 0 Å². The van der Waals surface area contributed by atoms with Crippen LogP contribution in [0.25, 0.3) is 0 Å². The summed E-state index contributed by atoms with van der Waals surface area (Å²) < 4.78 is 26.5.